The van der Waals surface area contributed by atoms with Gasteiger partial charge in [-0.15, -0.1) is 5.10 Å². The maximum atomic E-state index is 11.5. The van der Waals surface area contributed by atoms with Crippen molar-refractivity contribution in [3.8, 4) is 5.69 Å². The van der Waals surface area contributed by atoms with E-state index in [0.29, 0.717) is 6.42 Å². The van der Waals surface area contributed by atoms with Gasteiger partial charge in [-0.25, -0.2) is 0 Å². The Morgan fingerprint density at radius 2 is 2.06 bits per heavy atom. The van der Waals surface area contributed by atoms with E-state index >= 15 is 0 Å². The quantitative estimate of drug-likeness (QED) is 0.805. The molecule has 1 aromatic carbocycles. The van der Waals surface area contributed by atoms with Crippen LogP contribution in [-0.4, -0.2) is 26.0 Å². The molecule has 0 aliphatic rings. The predicted molar refractivity (Wildman–Crippen MR) is 67.3 cm³/mol. The lowest BCUT2D eigenvalue weighted by atomic mass is 9.98. The van der Waals surface area contributed by atoms with E-state index in [0.717, 1.165) is 17.9 Å². The van der Waals surface area contributed by atoms with Crippen LogP contribution >= 0.6 is 0 Å². The Hall–Kier alpha value is -2.04. The summed E-state index contributed by atoms with van der Waals surface area (Å²) in [5.41, 5.74) is 0.913. The first-order valence-corrected chi connectivity index (χ1v) is 6.05. The number of ketones is 1. The fourth-order valence-corrected chi connectivity index (χ4v) is 1.90. The summed E-state index contributed by atoms with van der Waals surface area (Å²) in [6.07, 6.45) is 1.38. The first kappa shape index (κ1) is 12.4. The molecule has 0 radical (unpaired) electrons. The molecule has 0 saturated heterocycles. The van der Waals surface area contributed by atoms with Crippen molar-refractivity contribution >= 4 is 5.78 Å². The number of aromatic nitrogens is 4. The van der Waals surface area contributed by atoms with Gasteiger partial charge in [0.25, 0.3) is 0 Å². The third-order valence-electron chi connectivity index (χ3n) is 3.03. The van der Waals surface area contributed by atoms with Gasteiger partial charge in [0, 0.05) is 12.3 Å². The van der Waals surface area contributed by atoms with Crippen molar-refractivity contribution in [2.75, 3.05) is 0 Å². The van der Waals surface area contributed by atoms with Crippen LogP contribution in [0.25, 0.3) is 5.69 Å². The molecule has 0 amide bonds. The highest BCUT2D eigenvalue weighted by molar-refractivity contribution is 5.78. The van der Waals surface area contributed by atoms with E-state index in [1.54, 1.807) is 11.6 Å². The molecule has 2 rings (SSSR count). The molecule has 2 aromatic rings. The summed E-state index contributed by atoms with van der Waals surface area (Å²) in [5.74, 6) is 0.891. The summed E-state index contributed by atoms with van der Waals surface area (Å²) in [5, 5.41) is 11.7. The molecule has 0 N–H and O–H groups in total. The smallest absolute Gasteiger partial charge is 0.157 e. The normalized spacial score (nSPS) is 12.3. The molecule has 0 spiro atoms. The van der Waals surface area contributed by atoms with Crippen molar-refractivity contribution in [2.24, 2.45) is 5.92 Å². The highest BCUT2D eigenvalue weighted by atomic mass is 16.1. The number of carbonyl (C=O) groups is 1. The van der Waals surface area contributed by atoms with Crippen LogP contribution in [0.1, 0.15) is 26.1 Å². The molecule has 0 bridgehead atoms. The first-order chi connectivity index (χ1) is 8.72. The van der Waals surface area contributed by atoms with E-state index in [1.807, 2.05) is 37.3 Å². The monoisotopic (exact) mass is 244 g/mol. The van der Waals surface area contributed by atoms with Crippen molar-refractivity contribution in [1.29, 1.82) is 0 Å². The maximum Gasteiger partial charge on any atom is 0.157 e. The van der Waals surface area contributed by atoms with E-state index < -0.39 is 0 Å². The summed E-state index contributed by atoms with van der Waals surface area (Å²) >= 11 is 0. The summed E-state index contributed by atoms with van der Waals surface area (Å²) in [7, 11) is 0. The second kappa shape index (κ2) is 5.53. The topological polar surface area (TPSA) is 60.7 Å². The van der Waals surface area contributed by atoms with Gasteiger partial charge in [0.05, 0.1) is 5.69 Å². The van der Waals surface area contributed by atoms with Gasteiger partial charge >= 0.3 is 0 Å². The minimum Gasteiger partial charge on any atom is -0.300 e. The molecule has 1 atom stereocenters. The van der Waals surface area contributed by atoms with Crippen LogP contribution in [0.4, 0.5) is 0 Å². The standard InChI is InChI=1S/C13H16N4O/c1-3-11(10(2)18)9-13-14-15-16-17(13)12-7-5-4-6-8-12/h4-8,11H,3,9H2,1-2H3. The van der Waals surface area contributed by atoms with Crippen molar-refractivity contribution in [1.82, 2.24) is 20.2 Å². The van der Waals surface area contributed by atoms with Crippen molar-refractivity contribution in [2.45, 2.75) is 26.7 Å². The zero-order valence-electron chi connectivity index (χ0n) is 10.6. The van der Waals surface area contributed by atoms with Crippen LogP contribution in [-0.2, 0) is 11.2 Å². The molecule has 0 saturated carbocycles. The van der Waals surface area contributed by atoms with E-state index in [2.05, 4.69) is 15.5 Å². The first-order valence-electron chi connectivity index (χ1n) is 6.05. The maximum absolute atomic E-state index is 11.5. The van der Waals surface area contributed by atoms with E-state index in [9.17, 15) is 4.79 Å². The molecule has 0 aliphatic heterocycles. The van der Waals surface area contributed by atoms with Gasteiger partial charge in [-0.1, -0.05) is 25.1 Å². The lowest BCUT2D eigenvalue weighted by Crippen LogP contribution is -2.16. The molecule has 94 valence electrons. The molecule has 5 nitrogen and oxygen atoms in total. The Balaban J connectivity index is 2.26. The second-order valence-electron chi connectivity index (χ2n) is 4.26. The number of carbonyl (C=O) groups excluding carboxylic acids is 1. The van der Waals surface area contributed by atoms with Gasteiger partial charge in [-0.05, 0) is 35.9 Å². The molecule has 1 heterocycles. The Kier molecular flexibility index (Phi) is 3.82. The molecule has 18 heavy (non-hydrogen) atoms. The summed E-state index contributed by atoms with van der Waals surface area (Å²) in [6.45, 7) is 3.62. The van der Waals surface area contributed by atoms with Gasteiger partial charge in [0.15, 0.2) is 5.82 Å². The Bertz CT molecular complexity index is 521. The second-order valence-corrected chi connectivity index (χ2v) is 4.26. The number of hydrogen-bond acceptors (Lipinski definition) is 4. The highest BCUT2D eigenvalue weighted by Gasteiger charge is 2.17. The average Bonchev–Trinajstić information content (AvgIpc) is 2.84. The fourth-order valence-electron chi connectivity index (χ4n) is 1.90. The SMILES string of the molecule is CCC(Cc1nnnn1-c1ccccc1)C(C)=O. The third kappa shape index (κ3) is 2.61. The Morgan fingerprint density at radius 1 is 1.33 bits per heavy atom. The van der Waals surface area contributed by atoms with E-state index in [1.165, 1.54) is 0 Å². The van der Waals surface area contributed by atoms with Crippen LogP contribution in [0, 0.1) is 5.92 Å². The predicted octanol–water partition coefficient (Wildman–Crippen LogP) is 1.82. The van der Waals surface area contributed by atoms with E-state index in [4.69, 9.17) is 0 Å². The summed E-state index contributed by atoms with van der Waals surface area (Å²) < 4.78 is 1.69. The number of para-hydroxylation sites is 1. The van der Waals surface area contributed by atoms with Gasteiger partial charge < -0.3 is 0 Å². The Morgan fingerprint density at radius 3 is 2.67 bits per heavy atom. The number of nitrogens with zero attached hydrogens (tertiary/aromatic N) is 4. The molecule has 1 aromatic heterocycles. The number of benzene rings is 1. The van der Waals surface area contributed by atoms with Crippen LogP contribution in [0.3, 0.4) is 0 Å². The lowest BCUT2D eigenvalue weighted by Gasteiger charge is -2.10. The molecule has 0 fully saturated rings. The van der Waals surface area contributed by atoms with Crippen LogP contribution in [0.5, 0.6) is 0 Å². The lowest BCUT2D eigenvalue weighted by molar-refractivity contribution is -0.120. The van der Waals surface area contributed by atoms with Crippen molar-refractivity contribution < 1.29 is 4.79 Å². The van der Waals surface area contributed by atoms with E-state index in [-0.39, 0.29) is 11.7 Å². The number of hydrogen-bond donors (Lipinski definition) is 0. The molecular formula is C13H16N4O. The van der Waals surface area contributed by atoms with Crippen molar-refractivity contribution in [3.05, 3.63) is 36.2 Å². The van der Waals surface area contributed by atoms with Crippen LogP contribution in [0.15, 0.2) is 30.3 Å². The van der Waals surface area contributed by atoms with Crippen LogP contribution in [0.2, 0.25) is 0 Å². The zero-order valence-corrected chi connectivity index (χ0v) is 10.6. The fraction of sp³-hybridized carbons (Fsp3) is 0.385. The largest absolute Gasteiger partial charge is 0.300 e. The zero-order chi connectivity index (χ0) is 13.0. The Labute approximate surface area is 106 Å². The highest BCUT2D eigenvalue weighted by Crippen LogP contribution is 2.14. The molecule has 0 aliphatic carbocycles. The molecule has 5 heteroatoms. The third-order valence-corrected chi connectivity index (χ3v) is 3.03. The van der Waals surface area contributed by atoms with Gasteiger partial charge in [0.1, 0.15) is 5.78 Å². The number of tetrazole rings is 1. The minimum absolute atomic E-state index is 0.0153. The summed E-state index contributed by atoms with van der Waals surface area (Å²) in [4.78, 5) is 11.5. The van der Waals surface area contributed by atoms with Crippen LogP contribution < -0.4 is 0 Å². The van der Waals surface area contributed by atoms with Gasteiger partial charge in [0.2, 0.25) is 0 Å². The van der Waals surface area contributed by atoms with Crippen molar-refractivity contribution in [3.63, 3.8) is 0 Å². The number of Topliss-reactive ketones (excluding diaryl/α,β-unsaturated/α-hetero) is 1. The number of rotatable bonds is 5. The summed E-state index contributed by atoms with van der Waals surface area (Å²) in [6, 6.07) is 9.69. The molecule has 1 unspecified atom stereocenters. The minimum atomic E-state index is -0.0153. The van der Waals surface area contributed by atoms with Gasteiger partial charge in [-0.2, -0.15) is 4.68 Å². The molecular weight excluding hydrogens is 228 g/mol. The van der Waals surface area contributed by atoms with Gasteiger partial charge in [-0.3, -0.25) is 4.79 Å². The average molecular weight is 244 g/mol.